The molecule has 9 unspecified atom stereocenters. The number of rotatable bonds is 15. The fourth-order valence-corrected chi connectivity index (χ4v) is 14.1. The molecular formula is C48H74O18. The number of allylic oxidation sites excluding steroid dienone is 2. The number of ether oxygens (including phenoxy) is 3. The van der Waals surface area contributed by atoms with Gasteiger partial charge in [-0.25, -0.2) is 0 Å². The molecule has 12 N–H and O–H groups in total. The molecule has 0 heterocycles. The molecule has 0 amide bonds. The van der Waals surface area contributed by atoms with Crippen molar-refractivity contribution in [3.05, 3.63) is 35.2 Å². The first-order chi connectivity index (χ1) is 30.6. The molecule has 0 bridgehead atoms. The first-order valence-corrected chi connectivity index (χ1v) is 23.4. The molecule has 5 fully saturated rings. The van der Waals surface area contributed by atoms with E-state index in [4.69, 9.17) is 14.2 Å². The predicted octanol–water partition coefficient (Wildman–Crippen LogP) is 3.40. The van der Waals surface area contributed by atoms with Gasteiger partial charge in [-0.2, -0.15) is 0 Å². The predicted molar refractivity (Wildman–Crippen MR) is 233 cm³/mol. The van der Waals surface area contributed by atoms with Crippen LogP contribution in [0.15, 0.2) is 35.2 Å². The molecule has 66 heavy (non-hydrogen) atoms. The van der Waals surface area contributed by atoms with Crippen molar-refractivity contribution in [1.82, 2.24) is 0 Å². The number of hydrogen-bond donors (Lipinski definition) is 12. The van der Waals surface area contributed by atoms with Crippen LogP contribution in [0.3, 0.4) is 0 Å². The summed E-state index contributed by atoms with van der Waals surface area (Å²) >= 11 is 0. The van der Waals surface area contributed by atoms with Gasteiger partial charge >= 0.3 is 5.97 Å². The summed E-state index contributed by atoms with van der Waals surface area (Å²) in [4.78, 5) is 39.5. The molecule has 18 nitrogen and oxygen atoms in total. The number of carbonyl (C=O) groups excluding carboxylic acids is 2. The van der Waals surface area contributed by atoms with E-state index in [0.29, 0.717) is 32.1 Å². The highest BCUT2D eigenvalue weighted by Crippen LogP contribution is 2.75. The van der Waals surface area contributed by atoms with Crippen molar-refractivity contribution in [3.8, 4) is 0 Å². The van der Waals surface area contributed by atoms with E-state index in [-0.39, 0.29) is 40.9 Å². The van der Waals surface area contributed by atoms with Gasteiger partial charge in [0.15, 0.2) is 23.0 Å². The van der Waals surface area contributed by atoms with Gasteiger partial charge in [0, 0.05) is 13.0 Å². The van der Waals surface area contributed by atoms with Crippen LogP contribution in [-0.2, 0) is 28.6 Å². The number of aliphatic carboxylic acids is 1. The van der Waals surface area contributed by atoms with Crippen LogP contribution in [0, 0.1) is 62.1 Å². The van der Waals surface area contributed by atoms with Crippen molar-refractivity contribution >= 4 is 18.5 Å². The minimum absolute atomic E-state index is 0.00835. The Balaban J connectivity index is 1.37. The summed E-state index contributed by atoms with van der Waals surface area (Å²) in [5.74, 6) is -8.68. The van der Waals surface area contributed by atoms with Crippen molar-refractivity contribution in [3.63, 3.8) is 0 Å². The number of carboxylic acid groups (broad SMARTS) is 1. The largest absolute Gasteiger partial charge is 0.506 e. The molecule has 18 heteroatoms. The SMILES string of the molecule is CC(O)/C(O)=C(/O)C(O)OC1C(OC(O)/C(O)=C(/O)C(O)CCO)C(O[C@H]2CC[C@]3(C)[C@H]4C=CC5[C@@H]6CC(C)(C)CC[C@]6(C=O)[C@H](O)C[C@@]5(C)[C@]4(C)CC[C@H]3[C@]2(C)C=O)CC(C(=O)O)[C@@H]1O. The standard InChI is InChI=1S/C48H74O18/c1-23(52)33(55)36(58)41(62)66-39-34(56)24(40(60)61)18-28(38(39)65-42(63)37(59)35(57)27(53)12-17-49)64-32-11-13-44(4)29(45(32,5)21-50)10-14-46(6)30(44)9-8-25-26-19-43(2,3)15-16-48(26,22-51)31(54)20-47(25,46)7/h8-9,21-32,34,38-39,41-42,49,52-59,62-63H,10-20H2,1-7H3,(H,60,61)/b36-33-,37-35-/t23?,24?,25?,26-,27?,28?,29+,30+,31+,32-,34-,38?,39?,41?,42?,44-,45-,46+,47+,48+/m0/s1. The Morgan fingerprint density at radius 3 is 1.95 bits per heavy atom. The highest BCUT2D eigenvalue weighted by Gasteiger charge is 2.71. The van der Waals surface area contributed by atoms with Crippen molar-refractivity contribution in [2.45, 2.75) is 174 Å². The van der Waals surface area contributed by atoms with Gasteiger partial charge in [0.05, 0.1) is 41.2 Å². The van der Waals surface area contributed by atoms with Crippen LogP contribution in [0.25, 0.3) is 0 Å². The minimum Gasteiger partial charge on any atom is -0.506 e. The lowest BCUT2D eigenvalue weighted by molar-refractivity contribution is -0.289. The topological polar surface area (TPSA) is 322 Å². The third-order valence-corrected chi connectivity index (χ3v) is 18.2. The van der Waals surface area contributed by atoms with Crippen molar-refractivity contribution in [1.29, 1.82) is 0 Å². The summed E-state index contributed by atoms with van der Waals surface area (Å²) < 4.78 is 18.0. The Hall–Kier alpha value is -3.17. The minimum atomic E-state index is -2.54. The van der Waals surface area contributed by atoms with E-state index in [1.807, 2.05) is 0 Å². The third-order valence-electron chi connectivity index (χ3n) is 18.2. The first kappa shape index (κ1) is 52.2. The lowest BCUT2D eigenvalue weighted by Gasteiger charge is -2.72. The average Bonchev–Trinajstić information content (AvgIpc) is 3.25. The average molecular weight is 939 g/mol. The van der Waals surface area contributed by atoms with E-state index in [1.54, 1.807) is 6.92 Å². The molecule has 0 aliphatic heterocycles. The van der Waals surface area contributed by atoms with E-state index >= 15 is 0 Å². The second-order valence-corrected chi connectivity index (χ2v) is 22.3. The number of aldehydes is 2. The molecule has 6 rings (SSSR count). The highest BCUT2D eigenvalue weighted by atomic mass is 16.7. The Kier molecular flexibility index (Phi) is 14.7. The van der Waals surface area contributed by atoms with Crippen LogP contribution in [0.4, 0.5) is 0 Å². The van der Waals surface area contributed by atoms with Gasteiger partial charge in [-0.05, 0) is 110 Å². The maximum Gasteiger partial charge on any atom is 0.309 e. The van der Waals surface area contributed by atoms with E-state index in [0.717, 1.165) is 32.3 Å². The van der Waals surface area contributed by atoms with Crippen molar-refractivity contribution < 1.29 is 89.9 Å². The monoisotopic (exact) mass is 938 g/mol. The molecule has 0 aromatic carbocycles. The number of fused-ring (bicyclic) bond motifs is 7. The van der Waals surface area contributed by atoms with Crippen LogP contribution < -0.4 is 0 Å². The number of carboxylic acids is 1. The van der Waals surface area contributed by atoms with Crippen molar-refractivity contribution in [2.75, 3.05) is 6.61 Å². The molecule has 0 aromatic rings. The molecule has 20 atom stereocenters. The molecule has 0 aromatic heterocycles. The summed E-state index contributed by atoms with van der Waals surface area (Å²) in [6.45, 7) is 13.3. The normalized spacial score (nSPS) is 45.5. The fourth-order valence-electron chi connectivity index (χ4n) is 14.1. The molecule has 0 saturated heterocycles. The molecule has 5 saturated carbocycles. The van der Waals surface area contributed by atoms with Crippen LogP contribution in [0.1, 0.15) is 113 Å². The smallest absolute Gasteiger partial charge is 0.309 e. The highest BCUT2D eigenvalue weighted by molar-refractivity contribution is 5.71. The summed E-state index contributed by atoms with van der Waals surface area (Å²) in [7, 11) is 0. The Bertz CT molecular complexity index is 1920. The maximum atomic E-state index is 13.7. The lowest BCUT2D eigenvalue weighted by atomic mass is 9.32. The van der Waals surface area contributed by atoms with Crippen molar-refractivity contribution in [2.24, 2.45) is 62.1 Å². The summed E-state index contributed by atoms with van der Waals surface area (Å²) in [5.41, 5.74) is -3.40. The van der Waals surface area contributed by atoms with Gasteiger partial charge in [0.2, 0.25) is 12.6 Å². The zero-order valence-electron chi connectivity index (χ0n) is 39.1. The number of aliphatic hydroxyl groups excluding tert-OH is 11. The van der Waals surface area contributed by atoms with Crippen LogP contribution in [0.5, 0.6) is 0 Å². The summed E-state index contributed by atoms with van der Waals surface area (Å²) in [5, 5.41) is 127. The Labute approximate surface area is 385 Å². The maximum absolute atomic E-state index is 13.7. The quantitative estimate of drug-likeness (QED) is 0.0484. The molecule has 6 aliphatic carbocycles. The first-order valence-electron chi connectivity index (χ1n) is 23.4. The molecule has 0 radical (unpaired) electrons. The second-order valence-electron chi connectivity index (χ2n) is 22.3. The number of hydrogen-bond acceptors (Lipinski definition) is 17. The fraction of sp³-hybridized carbons (Fsp3) is 0.812. The van der Waals surface area contributed by atoms with E-state index in [1.165, 1.54) is 0 Å². The zero-order valence-corrected chi connectivity index (χ0v) is 39.1. The summed E-state index contributed by atoms with van der Waals surface area (Å²) in [6.07, 6.45) is -7.95. The Morgan fingerprint density at radius 1 is 0.758 bits per heavy atom. The zero-order chi connectivity index (χ0) is 49.3. The summed E-state index contributed by atoms with van der Waals surface area (Å²) in [6, 6.07) is 0. The number of aliphatic hydroxyl groups is 11. The van der Waals surface area contributed by atoms with Crippen LogP contribution >= 0.6 is 0 Å². The van der Waals surface area contributed by atoms with E-state index in [9.17, 15) is 75.7 Å². The molecular weight excluding hydrogens is 865 g/mol. The third kappa shape index (κ3) is 8.42. The Morgan fingerprint density at radius 2 is 1.38 bits per heavy atom. The van der Waals surface area contributed by atoms with Gasteiger partial charge in [-0.1, -0.05) is 53.7 Å². The van der Waals surface area contributed by atoms with Gasteiger partial charge in [0.1, 0.15) is 37.0 Å². The molecule has 374 valence electrons. The lowest BCUT2D eigenvalue weighted by Crippen LogP contribution is -2.69. The van der Waals surface area contributed by atoms with Crippen LogP contribution in [0.2, 0.25) is 0 Å². The van der Waals surface area contributed by atoms with E-state index in [2.05, 4.69) is 46.8 Å². The molecule has 6 aliphatic rings. The second kappa shape index (κ2) is 18.6. The molecule has 0 spiro atoms. The van der Waals surface area contributed by atoms with Gasteiger partial charge in [0.25, 0.3) is 0 Å². The number of carbonyl (C=O) groups is 3. The van der Waals surface area contributed by atoms with Gasteiger partial charge in [-0.3, -0.25) is 4.79 Å². The van der Waals surface area contributed by atoms with Crippen LogP contribution in [-0.4, -0.2) is 148 Å². The van der Waals surface area contributed by atoms with Gasteiger partial charge in [-0.15, -0.1) is 0 Å². The van der Waals surface area contributed by atoms with E-state index < -0.39 is 137 Å². The van der Waals surface area contributed by atoms with Gasteiger partial charge < -0.3 is 85.1 Å².